The van der Waals surface area contributed by atoms with Crippen LogP contribution in [0.25, 0.3) is 10.9 Å². The Morgan fingerprint density at radius 2 is 1.74 bits per heavy atom. The number of aromatic nitrogens is 1. The molecule has 3 nitrogen and oxygen atoms in total. The number of fused-ring (bicyclic) bond motifs is 1. The van der Waals surface area contributed by atoms with Gasteiger partial charge in [0.05, 0.1) is 12.2 Å². The van der Waals surface area contributed by atoms with Crippen LogP contribution in [-0.4, -0.2) is 29.1 Å². The molecule has 3 rings (SSSR count). The molecule has 0 aliphatic heterocycles. The van der Waals surface area contributed by atoms with Gasteiger partial charge in [0, 0.05) is 29.7 Å². The summed E-state index contributed by atoms with van der Waals surface area (Å²) in [6, 6.07) is 19.1. The van der Waals surface area contributed by atoms with E-state index in [9.17, 15) is 0 Å². The van der Waals surface area contributed by atoms with Crippen molar-refractivity contribution in [3.63, 3.8) is 0 Å². The fourth-order valence-electron chi connectivity index (χ4n) is 3.45. The summed E-state index contributed by atoms with van der Waals surface area (Å²) in [4.78, 5) is 2.45. The molecule has 0 unspecified atom stereocenters. The molecule has 3 aromatic rings. The first kappa shape index (κ1) is 19.1. The van der Waals surface area contributed by atoms with Crippen molar-refractivity contribution in [1.29, 1.82) is 0 Å². The lowest BCUT2D eigenvalue weighted by molar-refractivity contribution is 0.297. The van der Waals surface area contributed by atoms with Gasteiger partial charge in [0.15, 0.2) is 0 Å². The Kier molecular flexibility index (Phi) is 6.57. The Bertz CT molecular complexity index is 925. The smallest absolute Gasteiger partial charge is 0.0931 e. The lowest BCUT2D eigenvalue weighted by atomic mass is 10.1. The van der Waals surface area contributed by atoms with Crippen molar-refractivity contribution in [3.05, 3.63) is 65.9 Å². The highest BCUT2D eigenvalue weighted by atomic mass is 15.1. The van der Waals surface area contributed by atoms with Gasteiger partial charge < -0.3 is 9.88 Å². The summed E-state index contributed by atoms with van der Waals surface area (Å²) in [7, 11) is 0. The largest absolute Gasteiger partial charge is 0.374 e. The lowest BCUT2D eigenvalue weighted by Gasteiger charge is -2.18. The molecule has 3 heteroatoms. The Balaban J connectivity index is 1.84. The lowest BCUT2D eigenvalue weighted by Crippen LogP contribution is -2.22. The molecular weight excluding hydrogens is 330 g/mol. The number of nitrogens with one attached hydrogen (secondary N) is 1. The molecule has 1 aromatic heterocycles. The maximum atomic E-state index is 3.37. The van der Waals surface area contributed by atoms with Crippen LogP contribution in [0.4, 0.5) is 5.69 Å². The van der Waals surface area contributed by atoms with E-state index in [2.05, 4.69) is 83.8 Å². The fraction of sp³-hybridized carbons (Fsp3) is 0.333. The van der Waals surface area contributed by atoms with Gasteiger partial charge in [0.25, 0.3) is 0 Å². The molecule has 0 aliphatic rings. The van der Waals surface area contributed by atoms with E-state index in [0.29, 0.717) is 6.54 Å². The molecule has 0 saturated carbocycles. The molecule has 0 saturated heterocycles. The molecule has 0 radical (unpaired) electrons. The number of anilines is 1. The minimum atomic E-state index is 0.640. The minimum absolute atomic E-state index is 0.640. The highest BCUT2D eigenvalue weighted by Crippen LogP contribution is 2.24. The number of hydrogen-bond donors (Lipinski definition) is 1. The molecule has 0 spiro atoms. The zero-order chi connectivity index (χ0) is 19.1. The van der Waals surface area contributed by atoms with Crippen LogP contribution in [0.5, 0.6) is 0 Å². The zero-order valence-corrected chi connectivity index (χ0v) is 16.6. The summed E-state index contributed by atoms with van der Waals surface area (Å²) in [6.07, 6.45) is 0. The van der Waals surface area contributed by atoms with Crippen LogP contribution >= 0.6 is 0 Å². The van der Waals surface area contributed by atoms with E-state index in [1.165, 1.54) is 16.5 Å². The standard InChI is InChI=1S/C24H29N3/c1-4-26(5-2)19-20-12-10-16-24-23(20)18-22(27(24)6-3)15-11-17-25-21-13-8-7-9-14-21/h7-10,12-14,16,18,25H,4-6,17,19H2,1-3H3. The third-order valence-electron chi connectivity index (χ3n) is 5.01. The van der Waals surface area contributed by atoms with Crippen molar-refractivity contribution < 1.29 is 0 Å². The van der Waals surface area contributed by atoms with E-state index >= 15 is 0 Å². The van der Waals surface area contributed by atoms with E-state index in [4.69, 9.17) is 0 Å². The van der Waals surface area contributed by atoms with Gasteiger partial charge in [-0.1, -0.05) is 50.1 Å². The van der Waals surface area contributed by atoms with Crippen LogP contribution in [0.2, 0.25) is 0 Å². The summed E-state index contributed by atoms with van der Waals surface area (Å²) in [5, 5.41) is 4.67. The molecule has 0 fully saturated rings. The summed E-state index contributed by atoms with van der Waals surface area (Å²) in [5.74, 6) is 6.65. The number of para-hydroxylation sites is 1. The van der Waals surface area contributed by atoms with E-state index in [1.807, 2.05) is 18.2 Å². The summed E-state index contributed by atoms with van der Waals surface area (Å²) in [5.41, 5.74) is 4.86. The van der Waals surface area contributed by atoms with Gasteiger partial charge >= 0.3 is 0 Å². The number of aryl methyl sites for hydroxylation is 1. The van der Waals surface area contributed by atoms with Crippen molar-refractivity contribution in [2.24, 2.45) is 0 Å². The fourth-order valence-corrected chi connectivity index (χ4v) is 3.45. The SMILES string of the molecule is CCN(CC)Cc1cccc2c1cc(C#CCNc1ccccc1)n2CC. The Hall–Kier alpha value is -2.70. The van der Waals surface area contributed by atoms with E-state index < -0.39 is 0 Å². The molecule has 1 N–H and O–H groups in total. The highest BCUT2D eigenvalue weighted by molar-refractivity contribution is 5.85. The Labute approximate surface area is 163 Å². The molecule has 0 amide bonds. The number of benzene rings is 2. The van der Waals surface area contributed by atoms with Gasteiger partial charge in [-0.3, -0.25) is 4.90 Å². The van der Waals surface area contributed by atoms with Crippen LogP contribution in [-0.2, 0) is 13.1 Å². The average Bonchev–Trinajstić information content (AvgIpc) is 3.08. The quantitative estimate of drug-likeness (QED) is 0.601. The molecule has 0 atom stereocenters. The van der Waals surface area contributed by atoms with Crippen molar-refractivity contribution in [2.75, 3.05) is 25.0 Å². The zero-order valence-electron chi connectivity index (χ0n) is 16.6. The number of hydrogen-bond acceptors (Lipinski definition) is 2. The summed E-state index contributed by atoms with van der Waals surface area (Å²) >= 11 is 0. The molecular formula is C24H29N3. The van der Waals surface area contributed by atoms with Crippen molar-refractivity contribution in [1.82, 2.24) is 9.47 Å². The van der Waals surface area contributed by atoms with Gasteiger partial charge in [-0.15, -0.1) is 0 Å². The normalized spacial score (nSPS) is 10.8. The second-order valence-corrected chi connectivity index (χ2v) is 6.61. The predicted octanol–water partition coefficient (Wildman–Crippen LogP) is 4.97. The first-order chi connectivity index (χ1) is 13.3. The van der Waals surface area contributed by atoms with Crippen LogP contribution < -0.4 is 5.32 Å². The average molecular weight is 360 g/mol. The number of nitrogens with zero attached hydrogens (tertiary/aromatic N) is 2. The summed E-state index contributed by atoms with van der Waals surface area (Å²) in [6.45, 7) is 11.3. The number of rotatable bonds is 7. The van der Waals surface area contributed by atoms with E-state index in [1.54, 1.807) is 0 Å². The Morgan fingerprint density at radius 1 is 0.963 bits per heavy atom. The molecule has 140 valence electrons. The van der Waals surface area contributed by atoms with Crippen molar-refractivity contribution >= 4 is 16.6 Å². The second-order valence-electron chi connectivity index (χ2n) is 6.61. The minimum Gasteiger partial charge on any atom is -0.374 e. The first-order valence-corrected chi connectivity index (χ1v) is 9.88. The Morgan fingerprint density at radius 3 is 2.44 bits per heavy atom. The van der Waals surface area contributed by atoms with Crippen molar-refractivity contribution in [3.8, 4) is 11.8 Å². The maximum absolute atomic E-state index is 3.37. The van der Waals surface area contributed by atoms with Gasteiger partial charge in [0.2, 0.25) is 0 Å². The van der Waals surface area contributed by atoms with Gasteiger partial charge in [-0.2, -0.15) is 0 Å². The molecule has 27 heavy (non-hydrogen) atoms. The second kappa shape index (κ2) is 9.30. The predicted molar refractivity (Wildman–Crippen MR) is 116 cm³/mol. The molecule has 0 bridgehead atoms. The van der Waals surface area contributed by atoms with Gasteiger partial charge in [-0.05, 0) is 55.8 Å². The third kappa shape index (κ3) is 4.53. The summed E-state index contributed by atoms with van der Waals surface area (Å²) < 4.78 is 2.32. The maximum Gasteiger partial charge on any atom is 0.0931 e. The third-order valence-corrected chi connectivity index (χ3v) is 5.01. The van der Waals surface area contributed by atoms with Crippen molar-refractivity contribution in [2.45, 2.75) is 33.9 Å². The molecule has 2 aromatic carbocycles. The van der Waals surface area contributed by atoms with Crippen LogP contribution in [0.3, 0.4) is 0 Å². The van der Waals surface area contributed by atoms with Gasteiger partial charge in [-0.25, -0.2) is 0 Å². The molecule has 1 heterocycles. The first-order valence-electron chi connectivity index (χ1n) is 9.88. The van der Waals surface area contributed by atoms with Crippen LogP contribution in [0, 0.1) is 11.8 Å². The van der Waals surface area contributed by atoms with Crippen LogP contribution in [0.15, 0.2) is 54.6 Å². The molecule has 0 aliphatic carbocycles. The van der Waals surface area contributed by atoms with E-state index in [-0.39, 0.29) is 0 Å². The topological polar surface area (TPSA) is 20.2 Å². The van der Waals surface area contributed by atoms with Crippen LogP contribution in [0.1, 0.15) is 32.0 Å². The monoisotopic (exact) mass is 359 g/mol. The van der Waals surface area contributed by atoms with Gasteiger partial charge in [0.1, 0.15) is 0 Å². The van der Waals surface area contributed by atoms with E-state index in [0.717, 1.165) is 37.6 Å². The highest BCUT2D eigenvalue weighted by Gasteiger charge is 2.11.